The van der Waals surface area contributed by atoms with Gasteiger partial charge in [-0.25, -0.2) is 0 Å². The normalized spacial score (nSPS) is 18.0. The van der Waals surface area contributed by atoms with Gasteiger partial charge < -0.3 is 15.0 Å². The van der Waals surface area contributed by atoms with Crippen molar-refractivity contribution in [3.8, 4) is 0 Å². The van der Waals surface area contributed by atoms with E-state index in [-0.39, 0.29) is 0 Å². The van der Waals surface area contributed by atoms with Crippen LogP contribution in [-0.4, -0.2) is 32.8 Å². The van der Waals surface area contributed by atoms with E-state index in [4.69, 9.17) is 4.74 Å². The van der Waals surface area contributed by atoms with Crippen molar-refractivity contribution < 1.29 is 4.74 Å². The monoisotopic (exact) mass is 288 g/mol. The Bertz CT molecular complexity index is 466. The van der Waals surface area contributed by atoms with Crippen LogP contribution in [0.1, 0.15) is 36.8 Å². The maximum Gasteiger partial charge on any atom is 0.0587 e. The van der Waals surface area contributed by atoms with Gasteiger partial charge >= 0.3 is 0 Å². The number of rotatable bonds is 9. The number of aryl methyl sites for hydroxylation is 1. The molecule has 2 fully saturated rings. The molecule has 1 aromatic carbocycles. The van der Waals surface area contributed by atoms with E-state index >= 15 is 0 Å². The first kappa shape index (κ1) is 14.9. The van der Waals surface area contributed by atoms with Crippen LogP contribution >= 0.6 is 0 Å². The van der Waals surface area contributed by atoms with E-state index < -0.39 is 0 Å². The largest absolute Gasteiger partial charge is 0.383 e. The van der Waals surface area contributed by atoms with Crippen molar-refractivity contribution in [3.63, 3.8) is 0 Å². The van der Waals surface area contributed by atoms with Gasteiger partial charge in [-0.1, -0.05) is 6.07 Å². The van der Waals surface area contributed by atoms with Crippen molar-refractivity contribution in [2.24, 2.45) is 5.92 Å². The van der Waals surface area contributed by atoms with E-state index in [2.05, 4.69) is 35.3 Å². The van der Waals surface area contributed by atoms with Crippen molar-refractivity contribution in [2.75, 3.05) is 31.7 Å². The molecule has 0 unspecified atom stereocenters. The molecule has 0 saturated heterocycles. The molecular formula is C18H28N2O. The fraction of sp³-hybridized carbons (Fsp3) is 0.667. The van der Waals surface area contributed by atoms with Crippen LogP contribution in [0.25, 0.3) is 0 Å². The molecule has 0 radical (unpaired) electrons. The Hall–Kier alpha value is -1.06. The number of hydrogen-bond donors (Lipinski definition) is 1. The summed E-state index contributed by atoms with van der Waals surface area (Å²) >= 11 is 0. The number of hydrogen-bond acceptors (Lipinski definition) is 3. The molecule has 0 bridgehead atoms. The van der Waals surface area contributed by atoms with Gasteiger partial charge in [0.05, 0.1) is 6.61 Å². The van der Waals surface area contributed by atoms with E-state index in [1.54, 1.807) is 7.11 Å². The second-order valence-electron chi connectivity index (χ2n) is 6.61. The van der Waals surface area contributed by atoms with Crippen LogP contribution in [0.3, 0.4) is 0 Å². The summed E-state index contributed by atoms with van der Waals surface area (Å²) < 4.78 is 5.07. The van der Waals surface area contributed by atoms with Gasteiger partial charge in [0, 0.05) is 38.5 Å². The zero-order valence-corrected chi connectivity index (χ0v) is 13.4. The molecule has 0 amide bonds. The standard InChI is InChI=1S/C18H28N2O/c1-14-11-18(6-5-16(14)12-19-9-10-21-2)20(17-7-8-17)13-15-3-4-15/h5-6,11,15,17,19H,3-4,7-10,12-13H2,1-2H3. The van der Waals surface area contributed by atoms with Crippen LogP contribution in [0.15, 0.2) is 18.2 Å². The first-order chi connectivity index (χ1) is 10.3. The van der Waals surface area contributed by atoms with Crippen molar-refractivity contribution in [1.29, 1.82) is 0 Å². The Morgan fingerprint density at radius 2 is 2.05 bits per heavy atom. The van der Waals surface area contributed by atoms with E-state index in [0.29, 0.717) is 0 Å². The van der Waals surface area contributed by atoms with Crippen LogP contribution < -0.4 is 10.2 Å². The Kier molecular flexibility index (Phi) is 4.81. The molecule has 1 aromatic rings. The molecular weight excluding hydrogens is 260 g/mol. The lowest BCUT2D eigenvalue weighted by atomic mass is 10.1. The Balaban J connectivity index is 1.61. The first-order valence-electron chi connectivity index (χ1n) is 8.33. The second-order valence-corrected chi connectivity index (χ2v) is 6.61. The summed E-state index contributed by atoms with van der Waals surface area (Å²) in [5.74, 6) is 0.960. The average molecular weight is 288 g/mol. The fourth-order valence-electron chi connectivity index (χ4n) is 2.88. The van der Waals surface area contributed by atoms with Gasteiger partial charge in [0.15, 0.2) is 0 Å². The third-order valence-electron chi connectivity index (χ3n) is 4.60. The van der Waals surface area contributed by atoms with E-state index in [1.165, 1.54) is 49.0 Å². The number of anilines is 1. The number of nitrogens with one attached hydrogen (secondary N) is 1. The minimum atomic E-state index is 0.772. The predicted octanol–water partition coefficient (Wildman–Crippen LogP) is 3.11. The number of benzene rings is 1. The molecule has 2 saturated carbocycles. The van der Waals surface area contributed by atoms with Gasteiger partial charge in [0.1, 0.15) is 0 Å². The molecule has 0 atom stereocenters. The van der Waals surface area contributed by atoms with Crippen LogP contribution in [0.4, 0.5) is 5.69 Å². The molecule has 21 heavy (non-hydrogen) atoms. The first-order valence-corrected chi connectivity index (χ1v) is 8.33. The highest BCUT2D eigenvalue weighted by Crippen LogP contribution is 2.38. The molecule has 1 N–H and O–H groups in total. The molecule has 116 valence electrons. The summed E-state index contributed by atoms with van der Waals surface area (Å²) in [4.78, 5) is 2.66. The second kappa shape index (κ2) is 6.80. The number of ether oxygens (including phenoxy) is 1. The van der Waals surface area contributed by atoms with E-state index in [1.807, 2.05) is 0 Å². The van der Waals surface area contributed by atoms with Gasteiger partial charge in [-0.2, -0.15) is 0 Å². The smallest absolute Gasteiger partial charge is 0.0587 e. The molecule has 0 aliphatic heterocycles. The molecule has 0 heterocycles. The summed E-state index contributed by atoms with van der Waals surface area (Å²) in [5, 5.41) is 3.43. The Morgan fingerprint density at radius 3 is 2.67 bits per heavy atom. The summed E-state index contributed by atoms with van der Waals surface area (Å²) in [7, 11) is 1.74. The van der Waals surface area contributed by atoms with Crippen molar-refractivity contribution in [2.45, 2.75) is 45.2 Å². The van der Waals surface area contributed by atoms with Gasteiger partial charge in [-0.3, -0.25) is 0 Å². The minimum Gasteiger partial charge on any atom is -0.383 e. The lowest BCUT2D eigenvalue weighted by Gasteiger charge is -2.25. The summed E-state index contributed by atoms with van der Waals surface area (Å²) in [6, 6.07) is 7.82. The maximum absolute atomic E-state index is 5.07. The maximum atomic E-state index is 5.07. The predicted molar refractivity (Wildman–Crippen MR) is 87.9 cm³/mol. The minimum absolute atomic E-state index is 0.772. The Morgan fingerprint density at radius 1 is 1.24 bits per heavy atom. The van der Waals surface area contributed by atoms with E-state index in [0.717, 1.165) is 31.7 Å². The molecule has 3 heteroatoms. The quantitative estimate of drug-likeness (QED) is 0.707. The van der Waals surface area contributed by atoms with Crippen LogP contribution in [-0.2, 0) is 11.3 Å². The van der Waals surface area contributed by atoms with Gasteiger partial charge in [-0.05, 0) is 61.8 Å². The van der Waals surface area contributed by atoms with E-state index in [9.17, 15) is 0 Å². The molecule has 3 rings (SSSR count). The summed E-state index contributed by atoms with van der Waals surface area (Å²) in [5.41, 5.74) is 4.23. The van der Waals surface area contributed by atoms with Gasteiger partial charge in [0.25, 0.3) is 0 Å². The van der Waals surface area contributed by atoms with Crippen LogP contribution in [0.5, 0.6) is 0 Å². The van der Waals surface area contributed by atoms with Crippen molar-refractivity contribution >= 4 is 5.69 Å². The summed E-state index contributed by atoms with van der Waals surface area (Å²) in [6.07, 6.45) is 5.63. The zero-order chi connectivity index (χ0) is 14.7. The summed E-state index contributed by atoms with van der Waals surface area (Å²) in [6.45, 7) is 6.12. The topological polar surface area (TPSA) is 24.5 Å². The Labute approximate surface area is 128 Å². The molecule has 0 spiro atoms. The average Bonchev–Trinajstić information content (AvgIpc) is 3.36. The van der Waals surface area contributed by atoms with Crippen LogP contribution in [0.2, 0.25) is 0 Å². The molecule has 3 nitrogen and oxygen atoms in total. The molecule has 0 aromatic heterocycles. The lowest BCUT2D eigenvalue weighted by molar-refractivity contribution is 0.199. The highest BCUT2D eigenvalue weighted by Gasteiger charge is 2.33. The fourth-order valence-corrected chi connectivity index (χ4v) is 2.88. The zero-order valence-electron chi connectivity index (χ0n) is 13.4. The third kappa shape index (κ3) is 4.21. The highest BCUT2D eigenvalue weighted by molar-refractivity contribution is 5.52. The number of methoxy groups -OCH3 is 1. The number of nitrogens with zero attached hydrogens (tertiary/aromatic N) is 1. The SMILES string of the molecule is COCCNCc1ccc(N(CC2CC2)C2CC2)cc1C. The van der Waals surface area contributed by atoms with Crippen LogP contribution in [0, 0.1) is 12.8 Å². The highest BCUT2D eigenvalue weighted by atomic mass is 16.5. The van der Waals surface area contributed by atoms with Gasteiger partial charge in [0.2, 0.25) is 0 Å². The van der Waals surface area contributed by atoms with Gasteiger partial charge in [-0.15, -0.1) is 0 Å². The molecule has 2 aliphatic carbocycles. The van der Waals surface area contributed by atoms with Crippen molar-refractivity contribution in [3.05, 3.63) is 29.3 Å². The molecule has 2 aliphatic rings. The van der Waals surface area contributed by atoms with Crippen molar-refractivity contribution in [1.82, 2.24) is 5.32 Å². The lowest BCUT2D eigenvalue weighted by Crippen LogP contribution is -2.28. The third-order valence-corrected chi connectivity index (χ3v) is 4.60.